The van der Waals surface area contributed by atoms with Gasteiger partial charge in [-0.3, -0.25) is 0 Å². The summed E-state index contributed by atoms with van der Waals surface area (Å²) in [6.45, 7) is 2.15. The van der Waals surface area contributed by atoms with Crippen molar-refractivity contribution >= 4 is 5.97 Å². The Morgan fingerprint density at radius 2 is 1.18 bits per heavy atom. The Bertz CT molecular complexity index is 398. The zero-order chi connectivity index (χ0) is 16.3. The number of hydrogen-bond acceptors (Lipinski definition) is 1. The molecule has 0 unspecified atom stereocenters. The lowest BCUT2D eigenvalue weighted by Gasteiger charge is -1.92. The second-order valence-electron chi connectivity index (χ2n) is 5.03. The molecule has 0 aromatic carbocycles. The summed E-state index contributed by atoms with van der Waals surface area (Å²) in [5.74, 6) is -0.862. The van der Waals surface area contributed by atoms with E-state index in [0.717, 1.165) is 51.4 Å². The molecule has 0 aromatic rings. The maximum atomic E-state index is 10.2. The molecule has 0 rings (SSSR count). The number of carboxylic acids is 1. The van der Waals surface area contributed by atoms with Gasteiger partial charge in [0, 0.05) is 6.08 Å². The predicted molar refractivity (Wildman–Crippen MR) is 95.9 cm³/mol. The molecular formula is C20H30O2. The van der Waals surface area contributed by atoms with Gasteiger partial charge >= 0.3 is 5.97 Å². The molecule has 0 fully saturated rings. The molecule has 2 heteroatoms. The summed E-state index contributed by atoms with van der Waals surface area (Å²) in [6.07, 6.45) is 28.7. The minimum atomic E-state index is -0.862. The van der Waals surface area contributed by atoms with Crippen LogP contribution in [0.25, 0.3) is 0 Å². The molecule has 0 atom stereocenters. The zero-order valence-corrected chi connectivity index (χ0v) is 13.8. The van der Waals surface area contributed by atoms with E-state index in [1.165, 1.54) is 6.08 Å². The topological polar surface area (TPSA) is 37.3 Å². The van der Waals surface area contributed by atoms with Crippen LogP contribution >= 0.6 is 0 Å². The first-order valence-electron chi connectivity index (χ1n) is 8.26. The highest BCUT2D eigenvalue weighted by atomic mass is 16.4. The molecule has 0 heterocycles. The van der Waals surface area contributed by atoms with Crippen molar-refractivity contribution in [3.05, 3.63) is 60.8 Å². The first-order valence-corrected chi connectivity index (χ1v) is 8.26. The van der Waals surface area contributed by atoms with Crippen LogP contribution in [0.1, 0.15) is 58.3 Å². The zero-order valence-electron chi connectivity index (χ0n) is 13.8. The highest BCUT2D eigenvalue weighted by molar-refractivity contribution is 5.79. The van der Waals surface area contributed by atoms with Crippen molar-refractivity contribution in [2.45, 2.75) is 58.3 Å². The third-order valence-electron chi connectivity index (χ3n) is 2.97. The molecule has 0 aliphatic carbocycles. The summed E-state index contributed by atoms with van der Waals surface area (Å²) in [6, 6.07) is 0. The van der Waals surface area contributed by atoms with E-state index in [2.05, 4.69) is 55.5 Å². The molecular weight excluding hydrogens is 272 g/mol. The van der Waals surface area contributed by atoms with E-state index in [4.69, 9.17) is 5.11 Å². The first-order chi connectivity index (χ1) is 10.8. The minimum Gasteiger partial charge on any atom is -0.478 e. The van der Waals surface area contributed by atoms with Gasteiger partial charge in [0.2, 0.25) is 0 Å². The number of carboxylic acid groups (broad SMARTS) is 1. The summed E-state index contributed by atoms with van der Waals surface area (Å²) < 4.78 is 0. The van der Waals surface area contributed by atoms with Crippen molar-refractivity contribution in [2.75, 3.05) is 0 Å². The Balaban J connectivity index is 3.41. The van der Waals surface area contributed by atoms with Gasteiger partial charge in [0.25, 0.3) is 0 Å². The maximum Gasteiger partial charge on any atom is 0.327 e. The van der Waals surface area contributed by atoms with Crippen LogP contribution in [0.4, 0.5) is 0 Å². The molecule has 0 aromatic heterocycles. The van der Waals surface area contributed by atoms with Gasteiger partial charge in [-0.1, -0.05) is 61.6 Å². The van der Waals surface area contributed by atoms with E-state index in [-0.39, 0.29) is 0 Å². The molecule has 1 N–H and O–H groups in total. The van der Waals surface area contributed by atoms with E-state index >= 15 is 0 Å². The van der Waals surface area contributed by atoms with Crippen LogP contribution in [-0.2, 0) is 4.79 Å². The van der Waals surface area contributed by atoms with Crippen molar-refractivity contribution in [3.63, 3.8) is 0 Å². The van der Waals surface area contributed by atoms with Gasteiger partial charge in [0.15, 0.2) is 0 Å². The van der Waals surface area contributed by atoms with Crippen LogP contribution in [0, 0.1) is 0 Å². The molecule has 0 saturated carbocycles. The second-order valence-corrected chi connectivity index (χ2v) is 5.03. The van der Waals surface area contributed by atoms with Gasteiger partial charge in [-0.15, -0.1) is 0 Å². The predicted octanol–water partition coefficient (Wildman–Crippen LogP) is 5.99. The molecule has 0 amide bonds. The quantitative estimate of drug-likeness (QED) is 0.258. The van der Waals surface area contributed by atoms with Gasteiger partial charge in [-0.2, -0.15) is 0 Å². The molecule has 22 heavy (non-hydrogen) atoms. The molecule has 122 valence electrons. The van der Waals surface area contributed by atoms with Crippen molar-refractivity contribution in [2.24, 2.45) is 0 Å². The Labute approximate surface area is 135 Å². The van der Waals surface area contributed by atoms with E-state index in [1.54, 1.807) is 6.08 Å². The van der Waals surface area contributed by atoms with Gasteiger partial charge < -0.3 is 5.11 Å². The average molecular weight is 302 g/mol. The van der Waals surface area contributed by atoms with Crippen molar-refractivity contribution in [1.29, 1.82) is 0 Å². The molecule has 0 aliphatic heterocycles. The fourth-order valence-electron chi connectivity index (χ4n) is 1.81. The van der Waals surface area contributed by atoms with Crippen molar-refractivity contribution in [3.8, 4) is 0 Å². The molecule has 2 nitrogen and oxygen atoms in total. The average Bonchev–Trinajstić information content (AvgIpc) is 2.50. The fraction of sp³-hybridized carbons (Fsp3) is 0.450. The van der Waals surface area contributed by atoms with Gasteiger partial charge in [-0.05, 0) is 51.4 Å². The van der Waals surface area contributed by atoms with Crippen molar-refractivity contribution in [1.82, 2.24) is 0 Å². The maximum absolute atomic E-state index is 10.2. The number of allylic oxidation sites excluding steroid dienone is 9. The highest BCUT2D eigenvalue weighted by Crippen LogP contribution is 2.02. The Morgan fingerprint density at radius 3 is 1.68 bits per heavy atom. The van der Waals surface area contributed by atoms with E-state index in [1.807, 2.05) is 0 Å². The van der Waals surface area contributed by atoms with E-state index in [9.17, 15) is 4.79 Å². The van der Waals surface area contributed by atoms with Crippen LogP contribution < -0.4 is 0 Å². The van der Waals surface area contributed by atoms with Crippen LogP contribution in [0.2, 0.25) is 0 Å². The minimum absolute atomic E-state index is 0.847. The third-order valence-corrected chi connectivity index (χ3v) is 2.97. The summed E-state index contributed by atoms with van der Waals surface area (Å²) in [5, 5.41) is 8.43. The summed E-state index contributed by atoms with van der Waals surface area (Å²) in [7, 11) is 0. The molecule has 0 spiro atoms. The number of unbranched alkanes of at least 4 members (excludes halogenated alkanes) is 3. The monoisotopic (exact) mass is 302 g/mol. The summed E-state index contributed by atoms with van der Waals surface area (Å²) in [5.41, 5.74) is 0. The molecule has 0 radical (unpaired) electrons. The Morgan fingerprint density at radius 1 is 0.727 bits per heavy atom. The van der Waals surface area contributed by atoms with Gasteiger partial charge in [-0.25, -0.2) is 4.79 Å². The van der Waals surface area contributed by atoms with Crippen molar-refractivity contribution < 1.29 is 9.90 Å². The van der Waals surface area contributed by atoms with Crippen LogP contribution in [-0.4, -0.2) is 11.1 Å². The van der Waals surface area contributed by atoms with Gasteiger partial charge in [0.1, 0.15) is 0 Å². The SMILES string of the molecule is CCC=CCC=CCC=CCC=CCCCC/C=C\C(=O)O. The van der Waals surface area contributed by atoms with Crippen LogP contribution in [0.15, 0.2) is 60.8 Å². The van der Waals surface area contributed by atoms with Crippen LogP contribution in [0.5, 0.6) is 0 Å². The number of carbonyl (C=O) groups is 1. The lowest BCUT2D eigenvalue weighted by molar-refractivity contribution is -0.131. The van der Waals surface area contributed by atoms with E-state index in [0.29, 0.717) is 0 Å². The van der Waals surface area contributed by atoms with E-state index < -0.39 is 5.97 Å². The third kappa shape index (κ3) is 18.2. The molecule has 0 bridgehead atoms. The first kappa shape index (κ1) is 20.2. The lowest BCUT2D eigenvalue weighted by atomic mass is 10.1. The number of hydrogen-bond donors (Lipinski definition) is 1. The van der Waals surface area contributed by atoms with Gasteiger partial charge in [0.05, 0.1) is 0 Å². The lowest BCUT2D eigenvalue weighted by Crippen LogP contribution is -1.85. The number of aliphatic carboxylic acids is 1. The molecule has 0 aliphatic rings. The molecule has 0 saturated heterocycles. The fourth-order valence-corrected chi connectivity index (χ4v) is 1.81. The van der Waals surface area contributed by atoms with Crippen LogP contribution in [0.3, 0.4) is 0 Å². The smallest absolute Gasteiger partial charge is 0.327 e. The standard InChI is InChI=1S/C20H30O2/c1-2-3-4-5-6-7-8-9-10-11-12-13-14-15-16-17-18-19-20(21)22/h3-4,6-7,9-10,12-13,18-19H,2,5,8,11,14-17H2,1H3,(H,21,22)/b4-3?,7-6?,10-9?,13-12?,19-18-. The number of rotatable bonds is 13. The summed E-state index contributed by atoms with van der Waals surface area (Å²) in [4.78, 5) is 10.2. The highest BCUT2D eigenvalue weighted by Gasteiger charge is 1.86. The Kier molecular flexibility index (Phi) is 15.8. The summed E-state index contributed by atoms with van der Waals surface area (Å²) >= 11 is 0. The normalized spacial score (nSPS) is 12.8. The second kappa shape index (κ2) is 17.2. The largest absolute Gasteiger partial charge is 0.478 e. The Hall–Kier alpha value is -1.83.